The van der Waals surface area contributed by atoms with Gasteiger partial charge in [-0.15, -0.1) is 0 Å². The molecule has 0 saturated carbocycles. The Labute approximate surface area is 182 Å². The highest BCUT2D eigenvalue weighted by Gasteiger charge is 2.16. The molecule has 0 fully saturated rings. The molecule has 0 aliphatic heterocycles. The van der Waals surface area contributed by atoms with Gasteiger partial charge >= 0.3 is 10.1 Å². The van der Waals surface area contributed by atoms with Gasteiger partial charge in [-0.25, -0.2) is 8.42 Å². The predicted octanol–water partition coefficient (Wildman–Crippen LogP) is 4.97. The van der Waals surface area contributed by atoms with Crippen molar-refractivity contribution in [2.75, 3.05) is 0 Å². The van der Waals surface area contributed by atoms with Crippen LogP contribution in [0.3, 0.4) is 0 Å². The standard InChI is InChI=1S/C12H10O3S.C12H10O2S/c13-16(14,12-9-5-2-6-10-12)15-11-7-3-1-4-8-11;13-15(14,11-7-3-1-4-8-11)12-9-5-2-6-10-12/h1-10H;1-10H. The minimum absolute atomic E-state index is 0.152. The monoisotopic (exact) mass is 452 g/mol. The molecule has 0 heterocycles. The molecule has 4 rings (SSSR count). The van der Waals surface area contributed by atoms with E-state index in [-0.39, 0.29) is 4.90 Å². The predicted molar refractivity (Wildman–Crippen MR) is 119 cm³/mol. The molecule has 0 aliphatic carbocycles. The first-order chi connectivity index (χ1) is 14.9. The molecule has 0 spiro atoms. The normalized spacial score (nSPS) is 11.1. The second-order valence-electron chi connectivity index (χ2n) is 6.29. The lowest BCUT2D eigenvalue weighted by molar-refractivity contribution is 0.486. The molecule has 0 aromatic heterocycles. The first kappa shape index (κ1) is 22.3. The molecule has 0 atom stereocenters. The Morgan fingerprint density at radius 2 is 0.742 bits per heavy atom. The SMILES string of the molecule is O=S(=O)(Oc1ccccc1)c1ccccc1.O=S(=O)(c1ccccc1)c1ccccc1. The number of hydrogen-bond acceptors (Lipinski definition) is 5. The van der Waals surface area contributed by atoms with Crippen LogP contribution in [-0.2, 0) is 20.0 Å². The van der Waals surface area contributed by atoms with E-state index in [1.807, 2.05) is 0 Å². The molecule has 158 valence electrons. The molecule has 31 heavy (non-hydrogen) atoms. The van der Waals surface area contributed by atoms with Crippen LogP contribution in [0.4, 0.5) is 0 Å². The molecule has 0 radical (unpaired) electrons. The second kappa shape index (κ2) is 10.1. The molecule has 0 amide bonds. The van der Waals surface area contributed by atoms with Crippen LogP contribution in [0.25, 0.3) is 0 Å². The fourth-order valence-electron chi connectivity index (χ4n) is 2.57. The quantitative estimate of drug-likeness (QED) is 0.399. The van der Waals surface area contributed by atoms with Crippen LogP contribution in [0.5, 0.6) is 5.75 Å². The summed E-state index contributed by atoms with van der Waals surface area (Å²) >= 11 is 0. The zero-order chi connectivity index (χ0) is 22.2. The Balaban J connectivity index is 0.000000176. The maximum Gasteiger partial charge on any atom is 0.339 e. The third-order valence-electron chi connectivity index (χ3n) is 4.09. The van der Waals surface area contributed by atoms with E-state index in [4.69, 9.17) is 4.18 Å². The van der Waals surface area contributed by atoms with E-state index in [0.29, 0.717) is 15.5 Å². The molecule has 7 heteroatoms. The fraction of sp³-hybridized carbons (Fsp3) is 0. The van der Waals surface area contributed by atoms with E-state index in [2.05, 4.69) is 0 Å². The van der Waals surface area contributed by atoms with Gasteiger partial charge in [0.05, 0.1) is 9.79 Å². The van der Waals surface area contributed by atoms with Crippen LogP contribution in [0.15, 0.2) is 136 Å². The zero-order valence-corrected chi connectivity index (χ0v) is 18.0. The largest absolute Gasteiger partial charge is 0.379 e. The Hall–Kier alpha value is -3.42. The van der Waals surface area contributed by atoms with Crippen LogP contribution in [-0.4, -0.2) is 16.8 Å². The highest BCUT2D eigenvalue weighted by molar-refractivity contribution is 7.91. The number of para-hydroxylation sites is 1. The molecule has 0 N–H and O–H groups in total. The van der Waals surface area contributed by atoms with E-state index >= 15 is 0 Å². The molecular weight excluding hydrogens is 432 g/mol. The van der Waals surface area contributed by atoms with Gasteiger partial charge in [0.25, 0.3) is 0 Å². The van der Waals surface area contributed by atoms with Crippen LogP contribution in [0.2, 0.25) is 0 Å². The summed E-state index contributed by atoms with van der Waals surface area (Å²) in [5, 5.41) is 0. The van der Waals surface area contributed by atoms with E-state index in [1.165, 1.54) is 12.1 Å². The van der Waals surface area contributed by atoms with Crippen molar-refractivity contribution in [1.82, 2.24) is 0 Å². The van der Waals surface area contributed by atoms with Crippen LogP contribution < -0.4 is 4.18 Å². The summed E-state index contributed by atoms with van der Waals surface area (Å²) in [6, 6.07) is 33.3. The zero-order valence-electron chi connectivity index (χ0n) is 16.4. The van der Waals surface area contributed by atoms with Gasteiger partial charge in [0.1, 0.15) is 10.6 Å². The number of hydrogen-bond donors (Lipinski definition) is 0. The average Bonchev–Trinajstić information content (AvgIpc) is 2.82. The molecule has 4 aromatic carbocycles. The minimum Gasteiger partial charge on any atom is -0.379 e. The van der Waals surface area contributed by atoms with Gasteiger partial charge in [0.2, 0.25) is 9.84 Å². The molecule has 0 saturated heterocycles. The molecule has 4 aromatic rings. The van der Waals surface area contributed by atoms with E-state index in [1.54, 1.807) is 109 Å². The first-order valence-electron chi connectivity index (χ1n) is 9.29. The topological polar surface area (TPSA) is 77.5 Å². The Kier molecular flexibility index (Phi) is 7.23. The lowest BCUT2D eigenvalue weighted by Crippen LogP contribution is -2.09. The molecular formula is C24H20O5S2. The van der Waals surface area contributed by atoms with Crippen molar-refractivity contribution < 1.29 is 21.0 Å². The molecule has 0 unspecified atom stereocenters. The van der Waals surface area contributed by atoms with Crippen molar-refractivity contribution in [2.24, 2.45) is 0 Å². The van der Waals surface area contributed by atoms with Crippen molar-refractivity contribution in [2.45, 2.75) is 14.7 Å². The van der Waals surface area contributed by atoms with Crippen molar-refractivity contribution in [3.05, 3.63) is 121 Å². The van der Waals surface area contributed by atoms with E-state index in [9.17, 15) is 16.8 Å². The molecule has 5 nitrogen and oxygen atoms in total. The second-order valence-corrected chi connectivity index (χ2v) is 9.79. The van der Waals surface area contributed by atoms with Crippen molar-refractivity contribution in [3.8, 4) is 5.75 Å². The van der Waals surface area contributed by atoms with E-state index < -0.39 is 20.0 Å². The lowest BCUT2D eigenvalue weighted by Gasteiger charge is -2.05. The maximum absolute atomic E-state index is 12.0. The third kappa shape index (κ3) is 6.04. The summed E-state index contributed by atoms with van der Waals surface area (Å²) in [6.07, 6.45) is 0. The van der Waals surface area contributed by atoms with Gasteiger partial charge in [-0.3, -0.25) is 0 Å². The number of benzene rings is 4. The number of rotatable bonds is 5. The van der Waals surface area contributed by atoms with E-state index in [0.717, 1.165) is 0 Å². The van der Waals surface area contributed by atoms with Crippen LogP contribution in [0, 0.1) is 0 Å². The van der Waals surface area contributed by atoms with Crippen LogP contribution >= 0.6 is 0 Å². The summed E-state index contributed by atoms with van der Waals surface area (Å²) in [5.74, 6) is 0.311. The van der Waals surface area contributed by atoms with Crippen molar-refractivity contribution in [1.29, 1.82) is 0 Å². The summed E-state index contributed by atoms with van der Waals surface area (Å²) < 4.78 is 52.6. The van der Waals surface area contributed by atoms with Gasteiger partial charge in [0.15, 0.2) is 0 Å². The fourth-order valence-corrected chi connectivity index (χ4v) is 4.83. The third-order valence-corrected chi connectivity index (χ3v) is 7.13. The summed E-state index contributed by atoms with van der Waals surface area (Å²) in [6.45, 7) is 0. The van der Waals surface area contributed by atoms with Gasteiger partial charge in [-0.2, -0.15) is 8.42 Å². The minimum atomic E-state index is -3.71. The number of sulfone groups is 1. The van der Waals surface area contributed by atoms with Gasteiger partial charge < -0.3 is 4.18 Å². The molecule has 0 bridgehead atoms. The Morgan fingerprint density at radius 1 is 0.419 bits per heavy atom. The summed E-state index contributed by atoms with van der Waals surface area (Å²) in [7, 11) is -7.05. The van der Waals surface area contributed by atoms with Gasteiger partial charge in [-0.05, 0) is 48.5 Å². The summed E-state index contributed by atoms with van der Waals surface area (Å²) in [5.41, 5.74) is 0. The van der Waals surface area contributed by atoms with Crippen LogP contribution in [0.1, 0.15) is 0 Å². The van der Waals surface area contributed by atoms with Crippen molar-refractivity contribution >= 4 is 20.0 Å². The average molecular weight is 453 g/mol. The lowest BCUT2D eigenvalue weighted by atomic mass is 10.3. The maximum atomic E-state index is 12.0. The van der Waals surface area contributed by atoms with Gasteiger partial charge in [0, 0.05) is 0 Å². The Bertz CT molecular complexity index is 1240. The smallest absolute Gasteiger partial charge is 0.339 e. The highest BCUT2D eigenvalue weighted by Crippen LogP contribution is 2.19. The molecule has 0 aliphatic rings. The Morgan fingerprint density at radius 3 is 1.13 bits per heavy atom. The first-order valence-corrected chi connectivity index (χ1v) is 12.2. The van der Waals surface area contributed by atoms with Gasteiger partial charge in [-0.1, -0.05) is 72.8 Å². The van der Waals surface area contributed by atoms with Crippen molar-refractivity contribution in [3.63, 3.8) is 0 Å². The highest BCUT2D eigenvalue weighted by atomic mass is 32.2. The summed E-state index contributed by atoms with van der Waals surface area (Å²) in [4.78, 5) is 0.811.